The molecule has 0 radical (unpaired) electrons. The van der Waals surface area contributed by atoms with Crippen molar-refractivity contribution in [3.05, 3.63) is 21.4 Å². The van der Waals surface area contributed by atoms with Gasteiger partial charge in [0.05, 0.1) is 5.56 Å². The van der Waals surface area contributed by atoms with Crippen LogP contribution in [0.1, 0.15) is 53.9 Å². The summed E-state index contributed by atoms with van der Waals surface area (Å²) in [5.74, 6) is 0.612. The first-order valence-electron chi connectivity index (χ1n) is 7.22. The lowest BCUT2D eigenvalue weighted by Crippen LogP contribution is -2.41. The maximum atomic E-state index is 12.4. The molecular weight excluding hydrogens is 292 g/mol. The molecule has 20 heavy (non-hydrogen) atoms. The Hall–Kier alpha value is -0.580. The molecule has 114 valence electrons. The summed E-state index contributed by atoms with van der Waals surface area (Å²) in [6.45, 7) is 4.82. The molecule has 1 amide bonds. The van der Waals surface area contributed by atoms with Crippen LogP contribution in [0.5, 0.6) is 0 Å². The van der Waals surface area contributed by atoms with Crippen molar-refractivity contribution in [3.8, 4) is 0 Å². The average molecular weight is 317 g/mol. The molecule has 0 bridgehead atoms. The lowest BCUT2D eigenvalue weighted by Gasteiger charge is -2.19. The first kappa shape index (κ1) is 17.5. The lowest BCUT2D eigenvalue weighted by molar-refractivity contribution is 0.0933. The SMILES string of the molecule is CC(C)CC(CN)NC(=O)c1csc2c1CCCC2.Cl. The molecule has 3 nitrogen and oxygen atoms in total. The molecule has 3 N–H and O–H groups in total. The Morgan fingerprint density at radius 3 is 2.75 bits per heavy atom. The number of aryl methyl sites for hydroxylation is 1. The van der Waals surface area contributed by atoms with E-state index in [2.05, 4.69) is 19.2 Å². The molecule has 0 aliphatic heterocycles. The van der Waals surface area contributed by atoms with Crippen LogP contribution in [0.2, 0.25) is 0 Å². The monoisotopic (exact) mass is 316 g/mol. The second kappa shape index (κ2) is 8.01. The third kappa shape index (κ3) is 4.21. The highest BCUT2D eigenvalue weighted by Gasteiger charge is 2.21. The molecule has 0 fully saturated rings. The maximum absolute atomic E-state index is 12.4. The normalized spacial score (nSPS) is 15.4. The predicted octanol–water partition coefficient (Wildman–Crippen LogP) is 3.15. The van der Waals surface area contributed by atoms with E-state index in [1.165, 1.54) is 23.3 Å². The van der Waals surface area contributed by atoms with Gasteiger partial charge in [0.15, 0.2) is 0 Å². The van der Waals surface area contributed by atoms with Gasteiger partial charge in [-0.25, -0.2) is 0 Å². The van der Waals surface area contributed by atoms with Crippen molar-refractivity contribution in [1.29, 1.82) is 0 Å². The topological polar surface area (TPSA) is 55.1 Å². The molecule has 1 aliphatic carbocycles. The van der Waals surface area contributed by atoms with Crippen molar-refractivity contribution < 1.29 is 4.79 Å². The molecule has 0 saturated carbocycles. The Morgan fingerprint density at radius 2 is 2.10 bits per heavy atom. The Labute approximate surface area is 131 Å². The average Bonchev–Trinajstić information content (AvgIpc) is 2.81. The minimum absolute atomic E-state index is 0. The highest BCUT2D eigenvalue weighted by Crippen LogP contribution is 2.30. The van der Waals surface area contributed by atoms with Crippen LogP contribution in [0.3, 0.4) is 0 Å². The van der Waals surface area contributed by atoms with Crippen LogP contribution in [0, 0.1) is 5.92 Å². The molecule has 1 aromatic rings. The van der Waals surface area contributed by atoms with E-state index in [9.17, 15) is 4.79 Å². The number of nitrogens with two attached hydrogens (primary N) is 1. The van der Waals surface area contributed by atoms with Crippen LogP contribution in [-0.4, -0.2) is 18.5 Å². The van der Waals surface area contributed by atoms with Crippen molar-refractivity contribution in [2.45, 2.75) is 52.0 Å². The summed E-state index contributed by atoms with van der Waals surface area (Å²) in [7, 11) is 0. The number of thiophene rings is 1. The fourth-order valence-electron chi connectivity index (χ4n) is 2.73. The Morgan fingerprint density at radius 1 is 1.40 bits per heavy atom. The van der Waals surface area contributed by atoms with Gasteiger partial charge in [0.25, 0.3) is 5.91 Å². The first-order chi connectivity index (χ1) is 9.11. The molecule has 0 aromatic carbocycles. The summed E-state index contributed by atoms with van der Waals surface area (Å²) in [5, 5.41) is 5.12. The van der Waals surface area contributed by atoms with E-state index in [0.29, 0.717) is 12.5 Å². The molecule has 1 aromatic heterocycles. The zero-order valence-corrected chi connectivity index (χ0v) is 13.9. The quantitative estimate of drug-likeness (QED) is 0.876. The van der Waals surface area contributed by atoms with Crippen molar-refractivity contribution in [1.82, 2.24) is 5.32 Å². The number of hydrogen-bond acceptors (Lipinski definition) is 3. The number of hydrogen-bond donors (Lipinski definition) is 2. The summed E-state index contributed by atoms with van der Waals surface area (Å²) < 4.78 is 0. The van der Waals surface area contributed by atoms with Crippen molar-refractivity contribution in [3.63, 3.8) is 0 Å². The highest BCUT2D eigenvalue weighted by molar-refractivity contribution is 7.10. The van der Waals surface area contributed by atoms with E-state index in [1.807, 2.05) is 5.38 Å². The molecular formula is C15H25ClN2OS. The number of amides is 1. The minimum atomic E-state index is 0. The van der Waals surface area contributed by atoms with Crippen LogP contribution < -0.4 is 11.1 Å². The zero-order valence-electron chi connectivity index (χ0n) is 12.3. The summed E-state index contributed by atoms with van der Waals surface area (Å²) in [5.41, 5.74) is 7.93. The van der Waals surface area contributed by atoms with E-state index in [1.54, 1.807) is 11.3 Å². The standard InChI is InChI=1S/C15H24N2OS.ClH/c1-10(2)7-11(8-16)17-15(18)13-9-19-14-6-4-3-5-12(13)14;/h9-11H,3-8,16H2,1-2H3,(H,17,18);1H. The molecule has 1 aliphatic rings. The van der Waals surface area contributed by atoms with E-state index < -0.39 is 0 Å². The molecule has 0 saturated heterocycles. The van der Waals surface area contributed by atoms with Gasteiger partial charge in [0, 0.05) is 22.8 Å². The third-order valence-electron chi connectivity index (χ3n) is 3.68. The zero-order chi connectivity index (χ0) is 13.8. The second-order valence-corrected chi connectivity index (χ2v) is 6.76. The van der Waals surface area contributed by atoms with E-state index in [-0.39, 0.29) is 24.4 Å². The van der Waals surface area contributed by atoms with E-state index in [0.717, 1.165) is 24.8 Å². The minimum Gasteiger partial charge on any atom is -0.348 e. The summed E-state index contributed by atoms with van der Waals surface area (Å²) in [6.07, 6.45) is 5.59. The second-order valence-electron chi connectivity index (χ2n) is 5.79. The van der Waals surface area contributed by atoms with Crippen LogP contribution in [0.15, 0.2) is 5.38 Å². The van der Waals surface area contributed by atoms with Crippen molar-refractivity contribution in [2.75, 3.05) is 6.54 Å². The maximum Gasteiger partial charge on any atom is 0.252 e. The molecule has 2 rings (SSSR count). The van der Waals surface area contributed by atoms with Gasteiger partial charge in [-0.2, -0.15) is 0 Å². The van der Waals surface area contributed by atoms with Crippen LogP contribution in [-0.2, 0) is 12.8 Å². The molecule has 5 heteroatoms. The van der Waals surface area contributed by atoms with Gasteiger partial charge in [0.1, 0.15) is 0 Å². The molecule has 1 unspecified atom stereocenters. The summed E-state index contributed by atoms with van der Waals surface area (Å²) in [4.78, 5) is 13.8. The largest absolute Gasteiger partial charge is 0.348 e. The van der Waals surface area contributed by atoms with Gasteiger partial charge < -0.3 is 11.1 Å². The number of fused-ring (bicyclic) bond motifs is 1. The van der Waals surface area contributed by atoms with Gasteiger partial charge in [-0.1, -0.05) is 13.8 Å². The van der Waals surface area contributed by atoms with E-state index in [4.69, 9.17) is 5.73 Å². The Balaban J connectivity index is 0.00000200. The molecule has 1 atom stereocenters. The summed E-state index contributed by atoms with van der Waals surface area (Å²) >= 11 is 1.74. The van der Waals surface area contributed by atoms with Crippen LogP contribution >= 0.6 is 23.7 Å². The van der Waals surface area contributed by atoms with Crippen LogP contribution in [0.4, 0.5) is 0 Å². The Bertz CT molecular complexity index is 445. The third-order valence-corrected chi connectivity index (χ3v) is 4.77. The van der Waals surface area contributed by atoms with Gasteiger partial charge in [-0.15, -0.1) is 23.7 Å². The van der Waals surface area contributed by atoms with Crippen molar-refractivity contribution >= 4 is 29.7 Å². The van der Waals surface area contributed by atoms with Crippen LogP contribution in [0.25, 0.3) is 0 Å². The lowest BCUT2D eigenvalue weighted by atomic mass is 9.95. The first-order valence-corrected chi connectivity index (χ1v) is 8.10. The van der Waals surface area contributed by atoms with E-state index >= 15 is 0 Å². The smallest absolute Gasteiger partial charge is 0.252 e. The highest BCUT2D eigenvalue weighted by atomic mass is 35.5. The van der Waals surface area contributed by atoms with Crippen molar-refractivity contribution in [2.24, 2.45) is 11.7 Å². The van der Waals surface area contributed by atoms with Gasteiger partial charge in [0.2, 0.25) is 0 Å². The molecule has 1 heterocycles. The number of nitrogens with one attached hydrogen (secondary N) is 1. The summed E-state index contributed by atoms with van der Waals surface area (Å²) in [6, 6.07) is 0.0895. The van der Waals surface area contributed by atoms with Gasteiger partial charge in [-0.3, -0.25) is 4.79 Å². The van der Waals surface area contributed by atoms with Gasteiger partial charge >= 0.3 is 0 Å². The Kier molecular flexibility index (Phi) is 7.00. The number of rotatable bonds is 5. The fraction of sp³-hybridized carbons (Fsp3) is 0.667. The predicted molar refractivity (Wildman–Crippen MR) is 88.0 cm³/mol. The fourth-order valence-corrected chi connectivity index (χ4v) is 3.86. The molecule has 0 spiro atoms. The number of carbonyl (C=O) groups is 1. The number of halogens is 1. The van der Waals surface area contributed by atoms with Gasteiger partial charge in [-0.05, 0) is 43.6 Å². The number of carbonyl (C=O) groups excluding carboxylic acids is 1.